The molecule has 0 aliphatic carbocycles. The molecule has 0 radical (unpaired) electrons. The van der Waals surface area contributed by atoms with Crippen LogP contribution in [0.3, 0.4) is 0 Å². The molecule has 0 amide bonds. The maximum atomic E-state index is 3.86. The fraction of sp³-hybridized carbons (Fsp3) is 0.471. The maximum Gasteiger partial charge on any atom is 0.00266 e. The molecule has 0 spiro atoms. The van der Waals surface area contributed by atoms with Crippen LogP contribution in [-0.2, 0) is 0 Å². The van der Waals surface area contributed by atoms with Gasteiger partial charge in [0.15, 0.2) is 0 Å². The fourth-order valence-electron chi connectivity index (χ4n) is 1.22. The van der Waals surface area contributed by atoms with Crippen molar-refractivity contribution >= 4 is 0 Å². The van der Waals surface area contributed by atoms with Gasteiger partial charge < -0.3 is 0 Å². The highest BCUT2D eigenvalue weighted by Gasteiger charge is 2.12. The predicted octanol–water partition coefficient (Wildman–Crippen LogP) is 5.05. The van der Waals surface area contributed by atoms with E-state index in [1.165, 1.54) is 5.57 Å². The Morgan fingerprint density at radius 1 is 1.29 bits per heavy atom. The molecule has 92 valence electrons. The van der Waals surface area contributed by atoms with Gasteiger partial charge in [0.25, 0.3) is 0 Å². The van der Waals surface area contributed by atoms with Crippen LogP contribution in [0.1, 0.15) is 47.5 Å². The normalized spacial score (nSPS) is 11.0. The van der Waals surface area contributed by atoms with Crippen molar-refractivity contribution in [1.82, 2.24) is 0 Å². The SMILES string of the molecule is C=CC(C)(C)CC/C(C#CC)=C/C=C=C(C)C. The lowest BCUT2D eigenvalue weighted by molar-refractivity contribution is 0.440. The quantitative estimate of drug-likeness (QED) is 0.267. The third kappa shape index (κ3) is 8.38. The Morgan fingerprint density at radius 2 is 1.94 bits per heavy atom. The van der Waals surface area contributed by atoms with Crippen molar-refractivity contribution in [3.63, 3.8) is 0 Å². The molecule has 17 heavy (non-hydrogen) atoms. The van der Waals surface area contributed by atoms with E-state index in [9.17, 15) is 0 Å². The van der Waals surface area contributed by atoms with E-state index < -0.39 is 0 Å². The van der Waals surface area contributed by atoms with Crippen LogP contribution in [0.2, 0.25) is 0 Å². The summed E-state index contributed by atoms with van der Waals surface area (Å²) in [5, 5.41) is 0. The van der Waals surface area contributed by atoms with Crippen LogP contribution < -0.4 is 0 Å². The van der Waals surface area contributed by atoms with Gasteiger partial charge in [-0.2, -0.15) is 0 Å². The lowest BCUT2D eigenvalue weighted by Gasteiger charge is -2.18. The van der Waals surface area contributed by atoms with Crippen molar-refractivity contribution in [2.24, 2.45) is 5.41 Å². The minimum absolute atomic E-state index is 0.175. The Kier molecular flexibility index (Phi) is 7.11. The largest absolute Gasteiger partial charge is 0.122 e. The van der Waals surface area contributed by atoms with Gasteiger partial charge >= 0.3 is 0 Å². The Hall–Kier alpha value is -1.44. The molecule has 0 saturated heterocycles. The van der Waals surface area contributed by atoms with Crippen LogP contribution in [0, 0.1) is 17.3 Å². The number of hydrogen-bond donors (Lipinski definition) is 0. The van der Waals surface area contributed by atoms with Crippen LogP contribution in [0.5, 0.6) is 0 Å². The highest BCUT2D eigenvalue weighted by Crippen LogP contribution is 2.25. The Morgan fingerprint density at radius 3 is 2.41 bits per heavy atom. The molecule has 0 aliphatic rings. The van der Waals surface area contributed by atoms with Crippen molar-refractivity contribution in [3.8, 4) is 11.8 Å². The topological polar surface area (TPSA) is 0 Å². The van der Waals surface area contributed by atoms with Crippen molar-refractivity contribution < 1.29 is 0 Å². The molecule has 0 aliphatic heterocycles. The van der Waals surface area contributed by atoms with Gasteiger partial charge in [-0.3, -0.25) is 0 Å². The highest BCUT2D eigenvalue weighted by atomic mass is 14.2. The van der Waals surface area contributed by atoms with Crippen molar-refractivity contribution in [2.45, 2.75) is 47.5 Å². The zero-order valence-electron chi connectivity index (χ0n) is 11.9. The first kappa shape index (κ1) is 15.6. The van der Waals surface area contributed by atoms with Gasteiger partial charge in [-0.05, 0) is 56.8 Å². The fourth-order valence-corrected chi connectivity index (χ4v) is 1.22. The molecule has 0 aromatic heterocycles. The molecule has 0 fully saturated rings. The molecule has 0 aromatic rings. The molecular formula is C17H24. The molecule has 0 aromatic carbocycles. The monoisotopic (exact) mass is 228 g/mol. The van der Waals surface area contributed by atoms with Crippen molar-refractivity contribution in [3.05, 3.63) is 41.7 Å². The Labute approximate surface area is 107 Å². The molecule has 0 atom stereocenters. The van der Waals surface area contributed by atoms with E-state index in [0.717, 1.165) is 18.4 Å². The summed E-state index contributed by atoms with van der Waals surface area (Å²) in [6.07, 6.45) is 8.08. The standard InChI is InChI=1S/C17H24/c1-7-10-16(12-9-11-15(3)4)13-14-17(5,6)8-2/h8-9,12H,2,13-14H2,1,3-6H3/b16-12+. The molecule has 0 heterocycles. The summed E-state index contributed by atoms with van der Waals surface area (Å²) >= 11 is 0. The van der Waals surface area contributed by atoms with E-state index in [1.807, 2.05) is 32.9 Å². The predicted molar refractivity (Wildman–Crippen MR) is 77.7 cm³/mol. The van der Waals surface area contributed by atoms with E-state index in [4.69, 9.17) is 0 Å². The second-order valence-electron chi connectivity index (χ2n) is 5.07. The van der Waals surface area contributed by atoms with Crippen LogP contribution in [0.4, 0.5) is 0 Å². The highest BCUT2D eigenvalue weighted by molar-refractivity contribution is 5.31. The summed E-state index contributed by atoms with van der Waals surface area (Å²) < 4.78 is 0. The van der Waals surface area contributed by atoms with Gasteiger partial charge in [0.2, 0.25) is 0 Å². The third-order valence-electron chi connectivity index (χ3n) is 2.53. The molecule has 0 N–H and O–H groups in total. The van der Waals surface area contributed by atoms with Gasteiger partial charge in [0, 0.05) is 5.57 Å². The smallest absolute Gasteiger partial charge is 0.00266 e. The number of hydrogen-bond acceptors (Lipinski definition) is 0. The number of rotatable bonds is 5. The summed E-state index contributed by atoms with van der Waals surface area (Å²) in [7, 11) is 0. The van der Waals surface area contributed by atoms with Gasteiger partial charge in [-0.1, -0.05) is 25.8 Å². The average Bonchev–Trinajstić information content (AvgIpc) is 2.25. The van der Waals surface area contributed by atoms with E-state index in [0.29, 0.717) is 0 Å². The zero-order valence-corrected chi connectivity index (χ0v) is 11.9. The molecule has 0 nitrogen and oxygen atoms in total. The first-order valence-corrected chi connectivity index (χ1v) is 6.06. The molecule has 0 saturated carbocycles. The molecular weight excluding hydrogens is 204 g/mol. The van der Waals surface area contributed by atoms with E-state index in [1.54, 1.807) is 0 Å². The lowest BCUT2D eigenvalue weighted by atomic mass is 9.86. The van der Waals surface area contributed by atoms with Gasteiger partial charge in [0.05, 0.1) is 0 Å². The summed E-state index contributed by atoms with van der Waals surface area (Å²) in [6.45, 7) is 14.2. The van der Waals surface area contributed by atoms with Crippen LogP contribution >= 0.6 is 0 Å². The average molecular weight is 228 g/mol. The van der Waals surface area contributed by atoms with Crippen LogP contribution in [-0.4, -0.2) is 0 Å². The Balaban J connectivity index is 4.71. The lowest BCUT2D eigenvalue weighted by Crippen LogP contribution is -2.06. The minimum Gasteiger partial charge on any atom is -0.122 e. The van der Waals surface area contributed by atoms with Gasteiger partial charge in [0.1, 0.15) is 0 Å². The summed E-state index contributed by atoms with van der Waals surface area (Å²) in [4.78, 5) is 0. The van der Waals surface area contributed by atoms with Crippen molar-refractivity contribution in [2.75, 3.05) is 0 Å². The van der Waals surface area contributed by atoms with Gasteiger partial charge in [-0.15, -0.1) is 18.2 Å². The van der Waals surface area contributed by atoms with E-state index in [2.05, 4.69) is 44.1 Å². The van der Waals surface area contributed by atoms with E-state index in [-0.39, 0.29) is 5.41 Å². The van der Waals surface area contributed by atoms with Gasteiger partial charge in [-0.25, -0.2) is 0 Å². The second-order valence-corrected chi connectivity index (χ2v) is 5.07. The summed E-state index contributed by atoms with van der Waals surface area (Å²) in [6, 6.07) is 0. The molecule has 0 unspecified atom stereocenters. The number of allylic oxidation sites excluding steroid dienone is 4. The zero-order chi connectivity index (χ0) is 13.3. The van der Waals surface area contributed by atoms with E-state index >= 15 is 0 Å². The first-order valence-electron chi connectivity index (χ1n) is 6.06. The second kappa shape index (κ2) is 7.77. The summed E-state index contributed by atoms with van der Waals surface area (Å²) in [5.41, 5.74) is 5.69. The van der Waals surface area contributed by atoms with Crippen LogP contribution in [0.25, 0.3) is 0 Å². The maximum absolute atomic E-state index is 3.86. The van der Waals surface area contributed by atoms with Crippen molar-refractivity contribution in [1.29, 1.82) is 0 Å². The first-order chi connectivity index (χ1) is 7.91. The molecule has 0 heteroatoms. The Bertz CT molecular complexity index is 395. The minimum atomic E-state index is 0.175. The molecule has 0 bridgehead atoms. The molecule has 0 rings (SSSR count). The third-order valence-corrected chi connectivity index (χ3v) is 2.53. The summed E-state index contributed by atoms with van der Waals surface area (Å²) in [5.74, 6) is 6.11. The van der Waals surface area contributed by atoms with Crippen LogP contribution in [0.15, 0.2) is 41.7 Å².